The average molecular weight is 895 g/mol. The van der Waals surface area contributed by atoms with Crippen molar-refractivity contribution < 1.29 is 27.7 Å². The molecule has 12 rings (SSSR count). The molecule has 0 amide bonds. The first kappa shape index (κ1) is 31.0. The number of hydrogen-bond acceptors (Lipinski definition) is 3. The Morgan fingerprint density at radius 1 is 0.627 bits per heavy atom. The first-order chi connectivity index (χ1) is 36.7. The summed E-state index contributed by atoms with van der Waals surface area (Å²) < 4.78 is 108. The lowest BCUT2D eigenvalue weighted by atomic mass is 9.88. The average Bonchev–Trinajstić information content (AvgIpc) is 4.11. The van der Waals surface area contributed by atoms with Gasteiger partial charge in [0.25, 0.3) is 6.33 Å². The Bertz CT molecular complexity index is 4190. The van der Waals surface area contributed by atoms with Crippen LogP contribution in [0.1, 0.15) is 40.0 Å². The number of hydrogen-bond donors (Lipinski definition) is 0. The number of para-hydroxylation sites is 3. The molecule has 1 aliphatic heterocycles. The summed E-state index contributed by atoms with van der Waals surface area (Å²) in [4.78, 5) is 4.86. The number of ether oxygens (including phenoxy) is 2. The number of imidazole rings is 1. The Labute approximate surface area is 405 Å². The number of rotatable bonds is 7. The van der Waals surface area contributed by atoms with Gasteiger partial charge >= 0.3 is 0 Å². The van der Waals surface area contributed by atoms with E-state index in [1.807, 2.05) is 95.7 Å². The molecule has 67 heavy (non-hydrogen) atoms. The molecule has 8 aromatic carbocycles. The second-order valence-corrected chi connectivity index (χ2v) is 22.6. The predicted octanol–water partition coefficient (Wildman–Crippen LogP) is 13.6. The first-order valence-electron chi connectivity index (χ1n) is 27.1. The Kier molecular flexibility index (Phi) is 7.21. The molecular weight excluding hydrogens is 837 g/mol. The molecule has 0 saturated heterocycles. The zero-order valence-corrected chi connectivity index (χ0v) is 38.4. The van der Waals surface area contributed by atoms with Gasteiger partial charge in [0, 0.05) is 23.0 Å². The quantitative estimate of drug-likeness (QED) is 0.0910. The van der Waals surface area contributed by atoms with E-state index in [2.05, 4.69) is 75.1 Å². The molecule has 11 aromatic rings. The smallest absolute Gasteiger partial charge is 0.269 e. The van der Waals surface area contributed by atoms with Crippen molar-refractivity contribution in [3.8, 4) is 62.4 Å². The highest BCUT2D eigenvalue weighted by atomic mass is 28.3. The lowest BCUT2D eigenvalue weighted by molar-refractivity contribution is -0.571. The lowest BCUT2D eigenvalue weighted by Crippen LogP contribution is -2.56. The fraction of sp³-hybridized carbons (Fsp3) is 0.100. The second-order valence-electron chi connectivity index (χ2n) is 18.3. The molecule has 1 aliphatic rings. The molecule has 7 heteroatoms. The third kappa shape index (κ3) is 6.85. The summed E-state index contributed by atoms with van der Waals surface area (Å²) in [5.74, 6) is 3.25. The number of nitrogens with zero attached hydrogens (tertiary/aromatic N) is 4. The van der Waals surface area contributed by atoms with Crippen LogP contribution >= 0.6 is 0 Å². The van der Waals surface area contributed by atoms with Gasteiger partial charge in [-0.15, -0.1) is 0 Å². The van der Waals surface area contributed by atoms with E-state index in [0.29, 0.717) is 34.0 Å². The van der Waals surface area contributed by atoms with Gasteiger partial charge in [0.2, 0.25) is 0 Å². The SMILES string of the molecule is [2H]c1c([2H])c([2H])c(-c2cccc(-c3c([2H])c([2H])c([2H])c([2H])c3[2H])c2-[n+]2[c-]n(-c3cccc(Oc4ccc5c6ccccc6n(-c6cc(C(C)(C)C)ccn6)c5c4)c3)c3cc4c(cc32)[Si](C)(C)c2ccccc2O4)c([2H])c1[2H]. The normalized spacial score (nSPS) is 15.2. The molecule has 0 fully saturated rings. The van der Waals surface area contributed by atoms with Crippen LogP contribution in [0, 0.1) is 6.33 Å². The van der Waals surface area contributed by atoms with Crippen LogP contribution in [0.15, 0.2) is 200 Å². The van der Waals surface area contributed by atoms with E-state index in [4.69, 9.17) is 22.7 Å². The van der Waals surface area contributed by atoms with Gasteiger partial charge < -0.3 is 9.47 Å². The summed E-state index contributed by atoms with van der Waals surface area (Å²) in [7, 11) is -2.54. The van der Waals surface area contributed by atoms with Crippen LogP contribution in [-0.4, -0.2) is 22.2 Å². The third-order valence-corrected chi connectivity index (χ3v) is 16.3. The van der Waals surface area contributed by atoms with Crippen molar-refractivity contribution >= 4 is 51.3 Å². The highest BCUT2D eigenvalue weighted by Gasteiger charge is 2.37. The lowest BCUT2D eigenvalue weighted by Gasteiger charge is -2.33. The van der Waals surface area contributed by atoms with Gasteiger partial charge in [0.1, 0.15) is 36.9 Å². The predicted molar refractivity (Wildman–Crippen MR) is 275 cm³/mol. The largest absolute Gasteiger partial charge is 0.458 e. The Hall–Kier alpha value is -8.00. The van der Waals surface area contributed by atoms with Crippen LogP contribution in [0.4, 0.5) is 0 Å². The van der Waals surface area contributed by atoms with Gasteiger partial charge in [-0.05, 0) is 110 Å². The van der Waals surface area contributed by atoms with Crippen LogP contribution in [0.3, 0.4) is 0 Å². The molecule has 0 unspecified atom stereocenters. The van der Waals surface area contributed by atoms with Crippen molar-refractivity contribution in [2.45, 2.75) is 39.3 Å². The summed E-state index contributed by atoms with van der Waals surface area (Å²) in [5.41, 5.74) is 4.88. The van der Waals surface area contributed by atoms with E-state index in [1.54, 1.807) is 22.8 Å². The fourth-order valence-corrected chi connectivity index (χ4v) is 12.2. The van der Waals surface area contributed by atoms with Gasteiger partial charge in [0.05, 0.1) is 47.1 Å². The summed E-state index contributed by atoms with van der Waals surface area (Å²) >= 11 is 0. The molecule has 0 atom stereocenters. The minimum atomic E-state index is -2.54. The van der Waals surface area contributed by atoms with Crippen LogP contribution in [0.5, 0.6) is 23.0 Å². The summed E-state index contributed by atoms with van der Waals surface area (Å²) in [5, 5.41) is 4.14. The second kappa shape index (κ2) is 15.6. The zero-order chi connectivity index (χ0) is 54.1. The summed E-state index contributed by atoms with van der Waals surface area (Å²) in [6.07, 6.45) is 5.41. The Morgan fingerprint density at radius 3 is 2.07 bits per heavy atom. The number of aromatic nitrogens is 4. The van der Waals surface area contributed by atoms with Gasteiger partial charge in [-0.25, -0.2) is 4.98 Å². The van der Waals surface area contributed by atoms with Gasteiger partial charge in [-0.3, -0.25) is 13.7 Å². The van der Waals surface area contributed by atoms with Crippen molar-refractivity contribution in [3.05, 3.63) is 212 Å². The molecule has 324 valence electrons. The van der Waals surface area contributed by atoms with E-state index in [0.717, 1.165) is 49.3 Å². The van der Waals surface area contributed by atoms with Crippen molar-refractivity contribution in [1.29, 1.82) is 0 Å². The molecule has 0 aliphatic carbocycles. The highest BCUT2D eigenvalue weighted by Crippen LogP contribution is 2.39. The van der Waals surface area contributed by atoms with Gasteiger partial charge in [-0.1, -0.05) is 155 Å². The Balaban J connectivity index is 1.10. The molecule has 0 spiro atoms. The summed E-state index contributed by atoms with van der Waals surface area (Å²) in [6.45, 7) is 11.0. The number of fused-ring (bicyclic) bond motifs is 6. The van der Waals surface area contributed by atoms with Crippen molar-refractivity contribution in [3.63, 3.8) is 0 Å². The minimum absolute atomic E-state index is 0.103. The van der Waals surface area contributed by atoms with Crippen molar-refractivity contribution in [1.82, 2.24) is 14.1 Å². The molecular formula is C60H48N4O2Si. The van der Waals surface area contributed by atoms with E-state index in [9.17, 15) is 5.48 Å². The van der Waals surface area contributed by atoms with Gasteiger partial charge in [0.15, 0.2) is 0 Å². The first-order valence-corrected chi connectivity index (χ1v) is 25.1. The maximum absolute atomic E-state index is 9.23. The number of pyridine rings is 1. The van der Waals surface area contributed by atoms with E-state index in [-0.39, 0.29) is 33.4 Å². The Morgan fingerprint density at radius 2 is 1.31 bits per heavy atom. The molecule has 0 saturated carbocycles. The molecule has 0 N–H and O–H groups in total. The monoisotopic (exact) mass is 894 g/mol. The highest BCUT2D eigenvalue weighted by molar-refractivity contribution is 7.01. The molecule has 0 bridgehead atoms. The van der Waals surface area contributed by atoms with Crippen LogP contribution in [0.2, 0.25) is 13.1 Å². The topological polar surface area (TPSA) is 45.1 Å². The van der Waals surface area contributed by atoms with Crippen LogP contribution in [-0.2, 0) is 5.41 Å². The molecule has 3 aromatic heterocycles. The van der Waals surface area contributed by atoms with Crippen molar-refractivity contribution in [2.24, 2.45) is 0 Å². The fourth-order valence-electron chi connectivity index (χ4n) is 9.45. The maximum Gasteiger partial charge on any atom is 0.269 e. The summed E-state index contributed by atoms with van der Waals surface area (Å²) in [6, 6.07) is 37.4. The maximum atomic E-state index is 9.23. The van der Waals surface area contributed by atoms with Gasteiger partial charge in [-0.2, -0.15) is 0 Å². The van der Waals surface area contributed by atoms with E-state index >= 15 is 0 Å². The zero-order valence-electron chi connectivity index (χ0n) is 47.4. The molecule has 4 heterocycles. The standard InChI is InChI=1S/C60H48N4O2Si/c1-60(2,3)42-32-33-61-58(34-42)64-50-27-13-12-24-48(50)49-31-30-45(36-51(49)64)65-44-23-16-22-43(35-44)62-39-63(53-38-57-55(37-52(53)62)66-54-28-14-15-29-56(54)67(57,4)5)59-46(40-18-8-6-9-19-40)25-17-26-47(59)41-20-10-7-11-21-41/h6-38H,1-5H3/i6D,7D,8D,9D,10D,11D,18D,19D,20D,21D. The molecule has 6 nitrogen and oxygen atoms in total. The van der Waals surface area contributed by atoms with Crippen molar-refractivity contribution in [2.75, 3.05) is 0 Å². The van der Waals surface area contributed by atoms with Crippen LogP contribution < -0.4 is 24.4 Å². The van der Waals surface area contributed by atoms with E-state index in [1.165, 1.54) is 0 Å². The van der Waals surface area contributed by atoms with E-state index < -0.39 is 68.5 Å². The minimum Gasteiger partial charge on any atom is -0.458 e. The molecule has 0 radical (unpaired) electrons. The third-order valence-electron chi connectivity index (χ3n) is 12.8. The number of benzene rings is 8. The van der Waals surface area contributed by atoms with Crippen LogP contribution in [0.25, 0.3) is 72.3 Å².